The van der Waals surface area contributed by atoms with E-state index >= 15 is 0 Å². The van der Waals surface area contributed by atoms with Crippen molar-refractivity contribution in [1.29, 1.82) is 0 Å². The Morgan fingerprint density at radius 2 is 1.75 bits per heavy atom. The fraction of sp³-hybridized carbons (Fsp3) is 0.625. The van der Waals surface area contributed by atoms with Gasteiger partial charge in [0.25, 0.3) is 0 Å². The molecule has 1 aromatic carbocycles. The minimum atomic E-state index is 0.664. The van der Waals surface area contributed by atoms with Gasteiger partial charge in [0, 0.05) is 13.1 Å². The van der Waals surface area contributed by atoms with Crippen molar-refractivity contribution in [2.75, 3.05) is 46.1 Å². The number of ether oxygens (including phenoxy) is 3. The molecule has 0 N–H and O–H groups in total. The van der Waals surface area contributed by atoms with Gasteiger partial charge in [-0.3, -0.25) is 4.90 Å². The van der Waals surface area contributed by atoms with Crippen LogP contribution in [-0.4, -0.2) is 51.0 Å². The second-order valence-electron chi connectivity index (χ2n) is 4.89. The van der Waals surface area contributed by atoms with E-state index in [1.165, 1.54) is 0 Å². The topological polar surface area (TPSA) is 30.9 Å². The second-order valence-corrected chi connectivity index (χ2v) is 4.89. The van der Waals surface area contributed by atoms with E-state index in [0.717, 1.165) is 63.8 Å². The summed E-state index contributed by atoms with van der Waals surface area (Å²) in [5, 5.41) is 0. The van der Waals surface area contributed by atoms with Gasteiger partial charge in [-0.1, -0.05) is 12.1 Å². The van der Waals surface area contributed by atoms with Crippen LogP contribution in [0.1, 0.15) is 19.8 Å². The molecule has 4 heteroatoms. The summed E-state index contributed by atoms with van der Waals surface area (Å²) in [6.07, 6.45) is 2.23. The van der Waals surface area contributed by atoms with Crippen molar-refractivity contribution < 1.29 is 14.2 Å². The smallest absolute Gasteiger partial charge is 0.161 e. The van der Waals surface area contributed by atoms with Gasteiger partial charge < -0.3 is 14.2 Å². The normalized spacial score (nSPS) is 16.1. The van der Waals surface area contributed by atoms with Crippen molar-refractivity contribution in [3.63, 3.8) is 0 Å². The standard InChI is InChI=1S/C16H25NO3/c1-2-19-15-7-3-4-8-16(15)20-12-6-5-9-17-10-13-18-14-11-17/h3-4,7-8H,2,5-6,9-14H2,1H3. The predicted octanol–water partition coefficient (Wildman–Crippen LogP) is 2.58. The van der Waals surface area contributed by atoms with Crippen LogP contribution in [0.15, 0.2) is 24.3 Å². The average molecular weight is 279 g/mol. The first kappa shape index (κ1) is 15.1. The number of morpholine rings is 1. The number of benzene rings is 1. The highest BCUT2D eigenvalue weighted by Crippen LogP contribution is 2.26. The van der Waals surface area contributed by atoms with Gasteiger partial charge in [-0.25, -0.2) is 0 Å². The van der Waals surface area contributed by atoms with Gasteiger partial charge in [-0.15, -0.1) is 0 Å². The van der Waals surface area contributed by atoms with Gasteiger partial charge in [-0.2, -0.15) is 0 Å². The molecule has 0 saturated carbocycles. The Morgan fingerprint density at radius 1 is 1.05 bits per heavy atom. The van der Waals surface area contributed by atoms with Gasteiger partial charge in [0.05, 0.1) is 26.4 Å². The lowest BCUT2D eigenvalue weighted by molar-refractivity contribution is 0.0367. The summed E-state index contributed by atoms with van der Waals surface area (Å²) in [6.45, 7) is 8.41. The minimum absolute atomic E-state index is 0.664. The fourth-order valence-corrected chi connectivity index (χ4v) is 2.29. The van der Waals surface area contributed by atoms with Crippen LogP contribution < -0.4 is 9.47 Å². The zero-order valence-corrected chi connectivity index (χ0v) is 12.3. The molecule has 2 rings (SSSR count). The Labute approximate surface area is 121 Å². The molecule has 0 aliphatic carbocycles. The molecule has 1 heterocycles. The Morgan fingerprint density at radius 3 is 2.45 bits per heavy atom. The maximum atomic E-state index is 5.81. The maximum Gasteiger partial charge on any atom is 0.161 e. The first-order chi connectivity index (χ1) is 9.90. The van der Waals surface area contributed by atoms with Crippen molar-refractivity contribution >= 4 is 0 Å². The predicted molar refractivity (Wildman–Crippen MR) is 79.6 cm³/mol. The average Bonchev–Trinajstić information content (AvgIpc) is 2.50. The molecule has 0 bridgehead atoms. The van der Waals surface area contributed by atoms with E-state index in [0.29, 0.717) is 6.61 Å². The molecule has 1 saturated heterocycles. The highest BCUT2D eigenvalue weighted by molar-refractivity contribution is 5.39. The van der Waals surface area contributed by atoms with Crippen LogP contribution >= 0.6 is 0 Å². The molecule has 0 spiro atoms. The van der Waals surface area contributed by atoms with Crippen LogP contribution in [0, 0.1) is 0 Å². The molecule has 1 aromatic rings. The van der Waals surface area contributed by atoms with Crippen LogP contribution in [0.2, 0.25) is 0 Å². The van der Waals surface area contributed by atoms with E-state index in [2.05, 4.69) is 4.90 Å². The van der Waals surface area contributed by atoms with Crippen LogP contribution in [0.4, 0.5) is 0 Å². The lowest BCUT2D eigenvalue weighted by Gasteiger charge is -2.26. The molecule has 1 fully saturated rings. The molecule has 4 nitrogen and oxygen atoms in total. The summed E-state index contributed by atoms with van der Waals surface area (Å²) >= 11 is 0. The Bertz CT molecular complexity index is 378. The third-order valence-corrected chi connectivity index (χ3v) is 3.38. The van der Waals surface area contributed by atoms with E-state index in [4.69, 9.17) is 14.2 Å². The third kappa shape index (κ3) is 5.02. The van der Waals surface area contributed by atoms with Crippen LogP contribution in [-0.2, 0) is 4.74 Å². The van der Waals surface area contributed by atoms with Crippen molar-refractivity contribution in [1.82, 2.24) is 4.90 Å². The molecule has 20 heavy (non-hydrogen) atoms. The Balaban J connectivity index is 1.63. The molecule has 1 aliphatic heterocycles. The molecule has 0 radical (unpaired) electrons. The largest absolute Gasteiger partial charge is 0.490 e. The molecule has 0 aromatic heterocycles. The van der Waals surface area contributed by atoms with E-state index < -0.39 is 0 Å². The summed E-state index contributed by atoms with van der Waals surface area (Å²) in [5.41, 5.74) is 0. The minimum Gasteiger partial charge on any atom is -0.490 e. The van der Waals surface area contributed by atoms with Gasteiger partial charge in [0.15, 0.2) is 11.5 Å². The highest BCUT2D eigenvalue weighted by atomic mass is 16.5. The number of rotatable bonds is 8. The fourth-order valence-electron chi connectivity index (χ4n) is 2.29. The quantitative estimate of drug-likeness (QED) is 0.684. The molecule has 1 aliphatic rings. The monoisotopic (exact) mass is 279 g/mol. The van der Waals surface area contributed by atoms with E-state index in [1.54, 1.807) is 0 Å². The zero-order valence-electron chi connectivity index (χ0n) is 12.3. The second kappa shape index (κ2) is 8.82. The van der Waals surface area contributed by atoms with Crippen molar-refractivity contribution in [3.8, 4) is 11.5 Å². The van der Waals surface area contributed by atoms with Crippen LogP contribution in [0.25, 0.3) is 0 Å². The third-order valence-electron chi connectivity index (χ3n) is 3.38. The van der Waals surface area contributed by atoms with E-state index in [-0.39, 0.29) is 0 Å². The summed E-state index contributed by atoms with van der Waals surface area (Å²) < 4.78 is 16.7. The Kier molecular flexibility index (Phi) is 6.68. The first-order valence-electron chi connectivity index (χ1n) is 7.55. The summed E-state index contributed by atoms with van der Waals surface area (Å²) in [6, 6.07) is 7.86. The number of unbranched alkanes of at least 4 members (excludes halogenated alkanes) is 1. The molecule has 112 valence electrons. The lowest BCUT2D eigenvalue weighted by Crippen LogP contribution is -2.36. The Hall–Kier alpha value is -1.26. The van der Waals surface area contributed by atoms with Gasteiger partial charge in [0.2, 0.25) is 0 Å². The van der Waals surface area contributed by atoms with Crippen LogP contribution in [0.3, 0.4) is 0 Å². The molecular weight excluding hydrogens is 254 g/mol. The van der Waals surface area contributed by atoms with Crippen molar-refractivity contribution in [2.24, 2.45) is 0 Å². The molecule has 0 amide bonds. The summed E-state index contributed by atoms with van der Waals surface area (Å²) in [7, 11) is 0. The lowest BCUT2D eigenvalue weighted by atomic mass is 10.3. The van der Waals surface area contributed by atoms with Crippen molar-refractivity contribution in [3.05, 3.63) is 24.3 Å². The number of nitrogens with zero attached hydrogens (tertiary/aromatic N) is 1. The zero-order chi connectivity index (χ0) is 14.0. The number of para-hydroxylation sites is 2. The molecular formula is C16H25NO3. The molecule has 0 unspecified atom stereocenters. The van der Waals surface area contributed by atoms with Gasteiger partial charge in [-0.05, 0) is 38.4 Å². The van der Waals surface area contributed by atoms with Crippen molar-refractivity contribution in [2.45, 2.75) is 19.8 Å². The van der Waals surface area contributed by atoms with E-state index in [9.17, 15) is 0 Å². The highest BCUT2D eigenvalue weighted by Gasteiger charge is 2.09. The summed E-state index contributed by atoms with van der Waals surface area (Å²) in [4.78, 5) is 2.46. The van der Waals surface area contributed by atoms with Gasteiger partial charge in [0.1, 0.15) is 0 Å². The first-order valence-corrected chi connectivity index (χ1v) is 7.55. The number of hydrogen-bond acceptors (Lipinski definition) is 4. The van der Waals surface area contributed by atoms with Crippen LogP contribution in [0.5, 0.6) is 11.5 Å². The molecule has 0 atom stereocenters. The number of hydrogen-bond donors (Lipinski definition) is 0. The van der Waals surface area contributed by atoms with E-state index in [1.807, 2.05) is 31.2 Å². The maximum absolute atomic E-state index is 5.81. The summed E-state index contributed by atoms with van der Waals surface area (Å²) in [5.74, 6) is 1.68. The van der Waals surface area contributed by atoms with Gasteiger partial charge >= 0.3 is 0 Å². The SMILES string of the molecule is CCOc1ccccc1OCCCCN1CCOCC1.